The number of hydrogen-bond acceptors (Lipinski definition) is 4. The zero-order valence-electron chi connectivity index (χ0n) is 17.4. The fraction of sp³-hybridized carbons (Fsp3) is 0.600. The maximum atomic E-state index is 13.1. The van der Waals surface area contributed by atoms with E-state index >= 15 is 0 Å². The molecule has 1 N–H and O–H groups in total. The summed E-state index contributed by atoms with van der Waals surface area (Å²) in [5.74, 6) is 0.545. The van der Waals surface area contributed by atoms with Crippen LogP contribution in [0.5, 0.6) is 0 Å². The minimum atomic E-state index is -4.23. The van der Waals surface area contributed by atoms with Crippen molar-refractivity contribution >= 4 is 59.6 Å². The fourth-order valence-corrected chi connectivity index (χ4v) is 6.92. The van der Waals surface area contributed by atoms with Gasteiger partial charge in [0.1, 0.15) is 0 Å². The van der Waals surface area contributed by atoms with Crippen LogP contribution in [-0.4, -0.2) is 64.1 Å². The Labute approximate surface area is 198 Å². The zero-order valence-corrected chi connectivity index (χ0v) is 21.2. The van der Waals surface area contributed by atoms with Crippen molar-refractivity contribution in [2.24, 2.45) is 0 Å². The van der Waals surface area contributed by atoms with Gasteiger partial charge in [0.05, 0.1) is 0 Å². The Balaban J connectivity index is 1.59. The van der Waals surface area contributed by atoms with Crippen molar-refractivity contribution in [1.82, 2.24) is 14.3 Å². The monoisotopic (exact) mass is 616 g/mol. The number of ether oxygens (including phenoxy) is 1. The van der Waals surface area contributed by atoms with Gasteiger partial charge in [-0.3, -0.25) is 0 Å². The summed E-state index contributed by atoms with van der Waals surface area (Å²) < 4.78 is 47.3. The molecule has 2 aromatic heterocycles. The van der Waals surface area contributed by atoms with Crippen LogP contribution in [0.4, 0.5) is 23.8 Å². The number of carbonyl (C=O) groups is 1. The zero-order chi connectivity index (χ0) is 22.6. The number of alkyl halides is 3. The van der Waals surface area contributed by atoms with Crippen molar-refractivity contribution < 1.29 is 22.7 Å². The van der Waals surface area contributed by atoms with E-state index in [1.807, 2.05) is 48.3 Å². The number of nitrogens with one attached hydrogen (secondary N) is 1. The van der Waals surface area contributed by atoms with Crippen LogP contribution >= 0.6 is 22.6 Å². The quantitative estimate of drug-likeness (QED) is 0.417. The molecule has 2 saturated heterocycles. The van der Waals surface area contributed by atoms with Gasteiger partial charge in [0.15, 0.2) is 0 Å². The van der Waals surface area contributed by atoms with Crippen LogP contribution in [0, 0.1) is 3.57 Å². The van der Waals surface area contributed by atoms with Crippen molar-refractivity contribution in [3.05, 3.63) is 22.0 Å². The Kier molecular flexibility index (Phi) is 6.15. The molecule has 1 amide bonds. The summed E-state index contributed by atoms with van der Waals surface area (Å²) >= 11 is 0.306. The van der Waals surface area contributed by atoms with Crippen molar-refractivity contribution in [3.8, 4) is 0 Å². The van der Waals surface area contributed by atoms with Gasteiger partial charge >= 0.3 is 199 Å². The average molecular weight is 615 g/mol. The predicted molar refractivity (Wildman–Crippen MR) is 121 cm³/mol. The predicted octanol–water partition coefficient (Wildman–Crippen LogP) is 4.13. The van der Waals surface area contributed by atoms with E-state index in [0.29, 0.717) is 14.9 Å². The second-order valence-corrected chi connectivity index (χ2v) is 12.3. The molecule has 2 aliphatic rings. The van der Waals surface area contributed by atoms with Gasteiger partial charge in [-0.2, -0.15) is 0 Å². The van der Waals surface area contributed by atoms with Crippen molar-refractivity contribution in [3.63, 3.8) is 0 Å². The number of halogens is 4. The van der Waals surface area contributed by atoms with Crippen LogP contribution in [0.1, 0.15) is 46.5 Å². The van der Waals surface area contributed by atoms with Crippen molar-refractivity contribution in [2.75, 3.05) is 5.32 Å². The molecule has 2 bridgehead atoms. The number of anilines is 1. The van der Waals surface area contributed by atoms with E-state index in [4.69, 9.17) is 4.74 Å². The van der Waals surface area contributed by atoms with Crippen LogP contribution in [0.2, 0.25) is 0 Å². The number of amides is 1. The van der Waals surface area contributed by atoms with Crippen molar-refractivity contribution in [2.45, 2.75) is 75.3 Å². The van der Waals surface area contributed by atoms with E-state index in [-0.39, 0.29) is 28.8 Å². The molecule has 2 aromatic rings. The molecule has 0 aromatic carbocycles. The number of aromatic nitrogens is 2. The third-order valence-corrected chi connectivity index (χ3v) is 8.98. The molecular weight excluding hydrogens is 591 g/mol. The molecule has 0 spiro atoms. The van der Waals surface area contributed by atoms with Gasteiger partial charge in [0.25, 0.3) is 0 Å². The molecule has 0 unspecified atom stereocenters. The molecule has 170 valence electrons. The Morgan fingerprint density at radius 2 is 1.97 bits per heavy atom. The summed E-state index contributed by atoms with van der Waals surface area (Å²) in [6.45, 7) is 5.56. The van der Waals surface area contributed by atoms with E-state index in [2.05, 4.69) is 10.3 Å². The number of hydrogen-bond donors (Lipinski definition) is 1. The van der Waals surface area contributed by atoms with Gasteiger partial charge in [0.2, 0.25) is 0 Å². The Morgan fingerprint density at radius 1 is 1.26 bits per heavy atom. The van der Waals surface area contributed by atoms with Crippen LogP contribution < -0.4 is 9.91 Å². The van der Waals surface area contributed by atoms with E-state index in [9.17, 15) is 18.0 Å². The van der Waals surface area contributed by atoms with Gasteiger partial charge in [-0.15, -0.1) is 0 Å². The second kappa shape index (κ2) is 8.29. The third kappa shape index (κ3) is 4.93. The Morgan fingerprint density at radius 3 is 2.65 bits per heavy atom. The van der Waals surface area contributed by atoms with Crippen LogP contribution in [0.3, 0.4) is 0 Å². The van der Waals surface area contributed by atoms with Gasteiger partial charge < -0.3 is 0 Å². The SMILES string of the molecule is CC(C)(C)OC(=O)N1[C@H]2CC[C@@H]1[C@H](Nc1nccn3c([Se]C(F)(F)F)c(I)cc13)CC2. The third-order valence-electron chi connectivity index (χ3n) is 5.57. The summed E-state index contributed by atoms with van der Waals surface area (Å²) in [5, 5.41) is -0.784. The molecule has 11 heteroatoms. The number of rotatable bonds is 3. The Hall–Kier alpha value is -1.20. The summed E-state index contributed by atoms with van der Waals surface area (Å²) in [6.07, 6.45) is 6.32. The van der Waals surface area contributed by atoms with E-state index in [0.717, 1.165) is 25.7 Å². The molecule has 0 aliphatic carbocycles. The van der Waals surface area contributed by atoms with E-state index in [1.54, 1.807) is 16.7 Å². The van der Waals surface area contributed by atoms with Crippen molar-refractivity contribution in [1.29, 1.82) is 0 Å². The number of carbonyl (C=O) groups excluding carboxylic acids is 1. The second-order valence-electron chi connectivity index (χ2n) is 8.89. The number of piperidine rings is 1. The van der Waals surface area contributed by atoms with Crippen LogP contribution in [-0.2, 0) is 4.74 Å². The fourth-order valence-electron chi connectivity index (χ4n) is 4.46. The maximum absolute atomic E-state index is 13.1. The summed E-state index contributed by atoms with van der Waals surface area (Å²) in [6, 6.07) is 1.86. The molecule has 2 aliphatic heterocycles. The van der Waals surface area contributed by atoms with Gasteiger partial charge in [-0.05, 0) is 0 Å². The summed E-state index contributed by atoms with van der Waals surface area (Å²) in [5.41, 5.74) is 0.0560. The molecule has 4 heterocycles. The van der Waals surface area contributed by atoms with Gasteiger partial charge in [-0.1, -0.05) is 0 Å². The molecular formula is C20H24F3IN4O2Se. The summed E-state index contributed by atoms with van der Waals surface area (Å²) in [7, 11) is 0. The van der Waals surface area contributed by atoms with Crippen LogP contribution in [0.25, 0.3) is 5.52 Å². The molecule has 0 saturated carbocycles. The molecule has 2 fully saturated rings. The topological polar surface area (TPSA) is 58.9 Å². The van der Waals surface area contributed by atoms with Gasteiger partial charge in [-0.25, -0.2) is 0 Å². The number of fused-ring (bicyclic) bond motifs is 3. The van der Waals surface area contributed by atoms with E-state index in [1.165, 1.54) is 6.20 Å². The molecule has 0 radical (unpaired) electrons. The first-order valence-electron chi connectivity index (χ1n) is 10.1. The molecule has 3 atom stereocenters. The van der Waals surface area contributed by atoms with E-state index < -0.39 is 25.6 Å². The molecule has 4 rings (SSSR count). The normalized spacial score (nSPS) is 24.0. The first-order chi connectivity index (χ1) is 14.4. The Bertz CT molecular complexity index is 991. The van der Waals surface area contributed by atoms with Gasteiger partial charge in [0, 0.05) is 0 Å². The first kappa shape index (κ1) is 23.0. The molecule has 31 heavy (non-hydrogen) atoms. The number of nitrogens with zero attached hydrogens (tertiary/aromatic N) is 3. The van der Waals surface area contributed by atoms with Crippen LogP contribution in [0.15, 0.2) is 18.5 Å². The average Bonchev–Trinajstić information content (AvgIpc) is 3.12. The summed E-state index contributed by atoms with van der Waals surface area (Å²) in [4.78, 5) is 19.1. The molecule has 6 nitrogen and oxygen atoms in total. The first-order valence-corrected chi connectivity index (χ1v) is 12.9. The standard InChI is InChI=1S/C20H24F3IN4O2Se/c1-19(2,3)30-18(29)28-11-4-6-13(14(28)7-5-11)26-16-15-10-12(24)17(31-20(21,22)23)27(15)9-8-25-16/h8-11,13-14H,4-7H2,1-3H3,(H,25,26)/t11-,13-,14-/m1/s1. The minimum absolute atomic E-state index is 0.0245.